The standard InChI is InChI=1S/C21H31N3O4/c1-14-20(3,4)27-11-9-23(14)18(25)16-7-8-22-17(13-16)19(26)24-10-12-28-21(5,6)15(24)2/h7-8,13-15H,9-12H2,1-6H3. The molecule has 1 aromatic heterocycles. The first kappa shape index (κ1) is 20.7. The van der Waals surface area contributed by atoms with Crippen LogP contribution >= 0.6 is 0 Å². The molecule has 0 spiro atoms. The van der Waals surface area contributed by atoms with Gasteiger partial charge < -0.3 is 19.3 Å². The second kappa shape index (κ2) is 7.44. The van der Waals surface area contributed by atoms with Gasteiger partial charge in [0.05, 0.1) is 36.5 Å². The minimum Gasteiger partial charge on any atom is -0.372 e. The van der Waals surface area contributed by atoms with Gasteiger partial charge in [-0.25, -0.2) is 0 Å². The van der Waals surface area contributed by atoms with Crippen LogP contribution in [0, 0.1) is 0 Å². The first-order valence-electron chi connectivity index (χ1n) is 9.90. The lowest BCUT2D eigenvalue weighted by Gasteiger charge is -2.45. The zero-order valence-corrected chi connectivity index (χ0v) is 17.7. The lowest BCUT2D eigenvalue weighted by Crippen LogP contribution is -2.57. The van der Waals surface area contributed by atoms with Crippen LogP contribution in [-0.2, 0) is 9.47 Å². The smallest absolute Gasteiger partial charge is 0.272 e. The Labute approximate surface area is 167 Å². The van der Waals surface area contributed by atoms with Crippen molar-refractivity contribution in [2.45, 2.75) is 64.8 Å². The van der Waals surface area contributed by atoms with Crippen molar-refractivity contribution in [2.24, 2.45) is 0 Å². The quantitative estimate of drug-likeness (QED) is 0.776. The minimum atomic E-state index is -0.420. The number of amides is 2. The first-order valence-corrected chi connectivity index (χ1v) is 9.90. The Kier molecular flexibility index (Phi) is 5.51. The van der Waals surface area contributed by atoms with Gasteiger partial charge in [-0.2, -0.15) is 0 Å². The molecular formula is C21H31N3O4. The normalized spacial score (nSPS) is 26.8. The maximum absolute atomic E-state index is 13.1. The first-order chi connectivity index (χ1) is 13.0. The molecule has 0 bridgehead atoms. The molecule has 2 fully saturated rings. The predicted octanol–water partition coefficient (Wildman–Crippen LogP) is 2.36. The average molecular weight is 389 g/mol. The molecule has 154 valence electrons. The zero-order chi connectivity index (χ0) is 20.7. The van der Waals surface area contributed by atoms with E-state index in [0.717, 1.165) is 0 Å². The summed E-state index contributed by atoms with van der Waals surface area (Å²) in [6.45, 7) is 13.9. The fourth-order valence-electron chi connectivity index (χ4n) is 3.74. The summed E-state index contributed by atoms with van der Waals surface area (Å²) in [5.41, 5.74) is -0.0662. The van der Waals surface area contributed by atoms with Crippen molar-refractivity contribution in [3.63, 3.8) is 0 Å². The number of nitrogens with zero attached hydrogens (tertiary/aromatic N) is 3. The molecule has 1 aromatic rings. The highest BCUT2D eigenvalue weighted by molar-refractivity contribution is 5.98. The van der Waals surface area contributed by atoms with Gasteiger partial charge in [-0.05, 0) is 53.7 Å². The second-order valence-corrected chi connectivity index (χ2v) is 8.68. The molecule has 28 heavy (non-hydrogen) atoms. The molecule has 2 aliphatic rings. The lowest BCUT2D eigenvalue weighted by molar-refractivity contribution is -0.109. The van der Waals surface area contributed by atoms with Crippen molar-refractivity contribution in [3.05, 3.63) is 29.6 Å². The molecule has 0 aromatic carbocycles. The fourth-order valence-corrected chi connectivity index (χ4v) is 3.74. The number of rotatable bonds is 2. The van der Waals surface area contributed by atoms with Crippen LogP contribution in [0.25, 0.3) is 0 Å². The SMILES string of the molecule is CC1N(C(=O)c2ccnc(C(=O)N3CCOC(C)(C)C3C)c2)CCOC1(C)C. The summed E-state index contributed by atoms with van der Waals surface area (Å²) in [7, 11) is 0. The van der Waals surface area contributed by atoms with E-state index in [9.17, 15) is 9.59 Å². The number of carbonyl (C=O) groups excluding carboxylic acids is 2. The van der Waals surface area contributed by atoms with E-state index in [1.165, 1.54) is 6.20 Å². The van der Waals surface area contributed by atoms with Crippen LogP contribution in [0.5, 0.6) is 0 Å². The fraction of sp³-hybridized carbons (Fsp3) is 0.667. The molecule has 0 aliphatic carbocycles. The second-order valence-electron chi connectivity index (χ2n) is 8.68. The van der Waals surface area contributed by atoms with E-state index in [1.54, 1.807) is 17.0 Å². The molecule has 2 unspecified atom stereocenters. The third kappa shape index (κ3) is 3.78. The van der Waals surface area contributed by atoms with Crippen molar-refractivity contribution in [2.75, 3.05) is 26.3 Å². The summed E-state index contributed by atoms with van der Waals surface area (Å²) in [5, 5.41) is 0. The number of hydrogen-bond acceptors (Lipinski definition) is 5. The van der Waals surface area contributed by atoms with Crippen molar-refractivity contribution >= 4 is 11.8 Å². The van der Waals surface area contributed by atoms with Crippen LogP contribution in [0.15, 0.2) is 18.3 Å². The summed E-state index contributed by atoms with van der Waals surface area (Å²) in [4.78, 5) is 34.0. The van der Waals surface area contributed by atoms with E-state index in [2.05, 4.69) is 4.98 Å². The zero-order valence-electron chi connectivity index (χ0n) is 17.7. The highest BCUT2D eigenvalue weighted by Crippen LogP contribution is 2.27. The Bertz CT molecular complexity index is 703. The van der Waals surface area contributed by atoms with Gasteiger partial charge in [0.2, 0.25) is 0 Å². The van der Waals surface area contributed by atoms with E-state index in [-0.39, 0.29) is 29.6 Å². The topological polar surface area (TPSA) is 72.0 Å². The Morgan fingerprint density at radius 1 is 0.964 bits per heavy atom. The Morgan fingerprint density at radius 2 is 1.46 bits per heavy atom. The number of ether oxygens (including phenoxy) is 2. The van der Waals surface area contributed by atoms with E-state index in [1.807, 2.05) is 46.4 Å². The molecule has 3 heterocycles. The summed E-state index contributed by atoms with van der Waals surface area (Å²) in [5.74, 6) is -0.274. The molecule has 0 saturated carbocycles. The third-order valence-electron chi connectivity index (χ3n) is 6.31. The Hall–Kier alpha value is -1.99. The molecular weight excluding hydrogens is 358 g/mol. The van der Waals surface area contributed by atoms with Crippen LogP contribution in [0.2, 0.25) is 0 Å². The number of hydrogen-bond donors (Lipinski definition) is 0. The van der Waals surface area contributed by atoms with Gasteiger partial charge in [-0.15, -0.1) is 0 Å². The molecule has 0 radical (unpaired) electrons. The number of morpholine rings is 2. The highest BCUT2D eigenvalue weighted by Gasteiger charge is 2.40. The van der Waals surface area contributed by atoms with Crippen molar-refractivity contribution in [3.8, 4) is 0 Å². The van der Waals surface area contributed by atoms with Crippen LogP contribution in [0.4, 0.5) is 0 Å². The highest BCUT2D eigenvalue weighted by atomic mass is 16.5. The number of aromatic nitrogens is 1. The molecule has 2 amide bonds. The number of pyridine rings is 1. The van der Waals surface area contributed by atoms with Gasteiger partial charge in [0.25, 0.3) is 11.8 Å². The van der Waals surface area contributed by atoms with E-state index in [4.69, 9.17) is 9.47 Å². The van der Waals surface area contributed by atoms with Gasteiger partial charge in [-0.3, -0.25) is 14.6 Å². The molecule has 7 heteroatoms. The summed E-state index contributed by atoms with van der Waals surface area (Å²) >= 11 is 0. The lowest BCUT2D eigenvalue weighted by atomic mass is 9.95. The largest absolute Gasteiger partial charge is 0.372 e. The summed E-state index contributed by atoms with van der Waals surface area (Å²) in [6.07, 6.45) is 1.53. The number of carbonyl (C=O) groups is 2. The van der Waals surface area contributed by atoms with Crippen molar-refractivity contribution in [1.29, 1.82) is 0 Å². The van der Waals surface area contributed by atoms with Crippen LogP contribution < -0.4 is 0 Å². The van der Waals surface area contributed by atoms with Gasteiger partial charge >= 0.3 is 0 Å². The van der Waals surface area contributed by atoms with Gasteiger partial charge in [0.15, 0.2) is 0 Å². The van der Waals surface area contributed by atoms with Gasteiger partial charge in [0.1, 0.15) is 5.69 Å². The van der Waals surface area contributed by atoms with E-state index in [0.29, 0.717) is 31.9 Å². The predicted molar refractivity (Wildman–Crippen MR) is 105 cm³/mol. The van der Waals surface area contributed by atoms with Crippen molar-refractivity contribution in [1.82, 2.24) is 14.8 Å². The molecule has 3 rings (SSSR count). The Morgan fingerprint density at radius 3 is 2.00 bits per heavy atom. The van der Waals surface area contributed by atoms with Gasteiger partial charge in [0, 0.05) is 24.8 Å². The van der Waals surface area contributed by atoms with Gasteiger partial charge in [-0.1, -0.05) is 0 Å². The maximum Gasteiger partial charge on any atom is 0.272 e. The summed E-state index contributed by atoms with van der Waals surface area (Å²) in [6, 6.07) is 3.12. The average Bonchev–Trinajstić information content (AvgIpc) is 2.65. The Balaban J connectivity index is 1.82. The van der Waals surface area contributed by atoms with Crippen LogP contribution in [-0.4, -0.2) is 76.2 Å². The molecule has 0 N–H and O–H groups in total. The minimum absolute atomic E-state index is 0.0684. The summed E-state index contributed by atoms with van der Waals surface area (Å²) < 4.78 is 11.6. The molecule has 2 atom stereocenters. The monoisotopic (exact) mass is 389 g/mol. The van der Waals surface area contributed by atoms with Crippen LogP contribution in [0.3, 0.4) is 0 Å². The van der Waals surface area contributed by atoms with E-state index < -0.39 is 11.2 Å². The van der Waals surface area contributed by atoms with E-state index >= 15 is 0 Å². The van der Waals surface area contributed by atoms with Crippen molar-refractivity contribution < 1.29 is 19.1 Å². The molecule has 2 saturated heterocycles. The third-order valence-corrected chi connectivity index (χ3v) is 6.31. The maximum atomic E-state index is 13.1. The molecule has 2 aliphatic heterocycles. The van der Waals surface area contributed by atoms with Crippen LogP contribution in [0.1, 0.15) is 62.4 Å². The molecule has 7 nitrogen and oxygen atoms in total.